The fourth-order valence-corrected chi connectivity index (χ4v) is 4.21. The minimum Gasteiger partial charge on any atom is -0.323 e. The van der Waals surface area contributed by atoms with Crippen LogP contribution in [0.25, 0.3) is 0 Å². The number of carbonyl (C=O) groups is 2. The monoisotopic (exact) mass is 267 g/mol. The maximum absolute atomic E-state index is 12.4. The van der Waals surface area contributed by atoms with Crippen molar-refractivity contribution in [3.05, 3.63) is 0 Å². The minimum atomic E-state index is -0.772. The Kier molecular flexibility index (Phi) is 3.16. The van der Waals surface area contributed by atoms with Crippen LogP contribution >= 0.6 is 0 Å². The molecule has 0 aromatic rings. The number of imide groups is 1. The van der Waals surface area contributed by atoms with Crippen LogP contribution in [0.2, 0.25) is 0 Å². The first kappa shape index (κ1) is 14.3. The summed E-state index contributed by atoms with van der Waals surface area (Å²) in [6.45, 7) is 10.5. The Balaban J connectivity index is 2.47. The third-order valence-electron chi connectivity index (χ3n) is 4.39. The summed E-state index contributed by atoms with van der Waals surface area (Å²) in [6, 6.07) is -0.361. The van der Waals surface area contributed by atoms with E-state index in [9.17, 15) is 9.59 Å². The number of amides is 3. The van der Waals surface area contributed by atoms with E-state index in [0.717, 1.165) is 12.8 Å². The number of piperidine rings is 1. The van der Waals surface area contributed by atoms with Crippen molar-refractivity contribution >= 4 is 11.9 Å². The van der Waals surface area contributed by atoms with Crippen LogP contribution in [-0.4, -0.2) is 28.6 Å². The maximum Gasteiger partial charge on any atom is 0.322 e. The summed E-state index contributed by atoms with van der Waals surface area (Å²) < 4.78 is 0. The number of nitrogens with one attached hydrogen (secondary N) is 3. The molecule has 2 aliphatic heterocycles. The van der Waals surface area contributed by atoms with E-state index in [-0.39, 0.29) is 28.9 Å². The van der Waals surface area contributed by atoms with Crippen molar-refractivity contribution < 1.29 is 9.59 Å². The van der Waals surface area contributed by atoms with Crippen molar-refractivity contribution in [2.24, 2.45) is 5.92 Å². The Morgan fingerprint density at radius 2 is 1.84 bits per heavy atom. The molecule has 2 heterocycles. The molecular weight excluding hydrogens is 242 g/mol. The Labute approximate surface area is 114 Å². The van der Waals surface area contributed by atoms with Crippen LogP contribution in [0.4, 0.5) is 4.79 Å². The van der Waals surface area contributed by atoms with Crippen molar-refractivity contribution in [2.75, 3.05) is 0 Å². The fourth-order valence-electron chi connectivity index (χ4n) is 4.21. The van der Waals surface area contributed by atoms with E-state index in [4.69, 9.17) is 0 Å². The molecule has 0 aliphatic carbocycles. The highest BCUT2D eigenvalue weighted by Gasteiger charge is 2.61. The van der Waals surface area contributed by atoms with Crippen molar-refractivity contribution in [3.63, 3.8) is 0 Å². The molecule has 3 amide bonds. The highest BCUT2D eigenvalue weighted by Crippen LogP contribution is 2.44. The zero-order chi connectivity index (χ0) is 14.5. The predicted octanol–water partition coefficient (Wildman–Crippen LogP) is 1.53. The summed E-state index contributed by atoms with van der Waals surface area (Å²) in [6.07, 6.45) is 2.51. The van der Waals surface area contributed by atoms with E-state index >= 15 is 0 Å². The molecule has 5 nitrogen and oxygen atoms in total. The van der Waals surface area contributed by atoms with Gasteiger partial charge in [-0.05, 0) is 40.5 Å². The summed E-state index contributed by atoms with van der Waals surface area (Å²) >= 11 is 0. The van der Waals surface area contributed by atoms with Crippen LogP contribution in [0, 0.1) is 5.92 Å². The smallest absolute Gasteiger partial charge is 0.322 e. The van der Waals surface area contributed by atoms with Crippen molar-refractivity contribution in [3.8, 4) is 0 Å². The van der Waals surface area contributed by atoms with Crippen LogP contribution in [-0.2, 0) is 4.79 Å². The van der Waals surface area contributed by atoms with Gasteiger partial charge in [-0.3, -0.25) is 10.1 Å². The first-order chi connectivity index (χ1) is 8.63. The van der Waals surface area contributed by atoms with Gasteiger partial charge in [0.2, 0.25) is 0 Å². The molecule has 0 aromatic heterocycles. The summed E-state index contributed by atoms with van der Waals surface area (Å²) in [5, 5.41) is 8.97. The lowest BCUT2D eigenvalue weighted by molar-refractivity contribution is -0.131. The van der Waals surface area contributed by atoms with Gasteiger partial charge in [0, 0.05) is 17.0 Å². The lowest BCUT2D eigenvalue weighted by atomic mass is 9.61. The molecule has 108 valence electrons. The lowest BCUT2D eigenvalue weighted by Gasteiger charge is -2.55. The summed E-state index contributed by atoms with van der Waals surface area (Å²) in [5.74, 6) is -0.0805. The van der Waals surface area contributed by atoms with Gasteiger partial charge in [-0.1, -0.05) is 13.3 Å². The number of carbonyl (C=O) groups excluding carboxylic acids is 2. The topological polar surface area (TPSA) is 70.2 Å². The van der Waals surface area contributed by atoms with E-state index in [2.05, 4.69) is 50.6 Å². The van der Waals surface area contributed by atoms with Gasteiger partial charge >= 0.3 is 6.03 Å². The van der Waals surface area contributed by atoms with Gasteiger partial charge in [-0.25, -0.2) is 4.79 Å². The molecule has 0 aromatic carbocycles. The maximum atomic E-state index is 12.4. The highest BCUT2D eigenvalue weighted by atomic mass is 16.2. The van der Waals surface area contributed by atoms with Gasteiger partial charge in [0.1, 0.15) is 5.54 Å². The zero-order valence-corrected chi connectivity index (χ0v) is 12.5. The predicted molar refractivity (Wildman–Crippen MR) is 73.7 cm³/mol. The summed E-state index contributed by atoms with van der Waals surface area (Å²) in [5.41, 5.74) is -1.17. The molecule has 2 saturated heterocycles. The van der Waals surface area contributed by atoms with Crippen molar-refractivity contribution in [1.29, 1.82) is 0 Å². The Morgan fingerprint density at radius 3 is 2.32 bits per heavy atom. The number of hydrogen-bond acceptors (Lipinski definition) is 3. The van der Waals surface area contributed by atoms with Gasteiger partial charge in [0.25, 0.3) is 5.91 Å². The average Bonchev–Trinajstić information content (AvgIpc) is 2.46. The van der Waals surface area contributed by atoms with Crippen LogP contribution in [0.1, 0.15) is 53.9 Å². The largest absolute Gasteiger partial charge is 0.323 e. The van der Waals surface area contributed by atoms with Crippen LogP contribution in [0.3, 0.4) is 0 Å². The van der Waals surface area contributed by atoms with E-state index in [1.807, 2.05) is 0 Å². The van der Waals surface area contributed by atoms with Crippen LogP contribution in [0.5, 0.6) is 0 Å². The van der Waals surface area contributed by atoms with E-state index < -0.39 is 5.54 Å². The minimum absolute atomic E-state index is 0.0875. The fraction of sp³-hybridized carbons (Fsp3) is 0.857. The molecule has 2 fully saturated rings. The third kappa shape index (κ3) is 2.24. The Bertz CT molecular complexity index is 417. The normalized spacial score (nSPS) is 36.2. The van der Waals surface area contributed by atoms with Gasteiger partial charge < -0.3 is 10.6 Å². The molecular formula is C14H25N3O2. The van der Waals surface area contributed by atoms with Crippen LogP contribution in [0.15, 0.2) is 0 Å². The molecule has 2 rings (SSSR count). The molecule has 0 radical (unpaired) electrons. The number of hydrogen-bond donors (Lipinski definition) is 3. The van der Waals surface area contributed by atoms with Crippen LogP contribution < -0.4 is 16.0 Å². The second kappa shape index (κ2) is 4.20. The average molecular weight is 267 g/mol. The molecule has 0 bridgehead atoms. The number of rotatable bonds is 2. The third-order valence-corrected chi connectivity index (χ3v) is 4.39. The van der Waals surface area contributed by atoms with Crippen molar-refractivity contribution in [2.45, 2.75) is 70.5 Å². The molecule has 0 saturated carbocycles. The quantitative estimate of drug-likeness (QED) is 0.665. The van der Waals surface area contributed by atoms with Gasteiger partial charge in [-0.15, -0.1) is 0 Å². The lowest BCUT2D eigenvalue weighted by Crippen LogP contribution is -2.73. The van der Waals surface area contributed by atoms with Crippen molar-refractivity contribution in [1.82, 2.24) is 16.0 Å². The van der Waals surface area contributed by atoms with E-state index in [1.165, 1.54) is 0 Å². The first-order valence-corrected chi connectivity index (χ1v) is 7.06. The molecule has 2 atom stereocenters. The zero-order valence-electron chi connectivity index (χ0n) is 12.5. The summed E-state index contributed by atoms with van der Waals surface area (Å²) in [4.78, 5) is 24.0. The van der Waals surface area contributed by atoms with Gasteiger partial charge in [0.15, 0.2) is 0 Å². The molecule has 19 heavy (non-hydrogen) atoms. The standard InChI is InChI=1S/C14H25N3O2/c1-6-7-9-13(4,5)17-12(2,3)8-14(9)10(18)15-11(19)16-14/h9,17H,6-8H2,1-5H3,(H2,15,16,18,19). The second-order valence-electron chi connectivity index (χ2n) is 7.13. The molecule has 3 N–H and O–H groups in total. The van der Waals surface area contributed by atoms with E-state index in [1.54, 1.807) is 0 Å². The Morgan fingerprint density at radius 1 is 1.21 bits per heavy atom. The van der Waals surface area contributed by atoms with E-state index in [0.29, 0.717) is 6.42 Å². The molecule has 1 spiro atoms. The molecule has 2 aliphatic rings. The van der Waals surface area contributed by atoms with Gasteiger partial charge in [0.05, 0.1) is 0 Å². The SMILES string of the molecule is CCCC1C(C)(C)NC(C)(C)CC12NC(=O)NC2=O. The Hall–Kier alpha value is -1.10. The van der Waals surface area contributed by atoms with Gasteiger partial charge in [-0.2, -0.15) is 0 Å². The molecule has 5 heteroatoms. The molecule has 2 unspecified atom stereocenters. The highest BCUT2D eigenvalue weighted by molar-refractivity contribution is 6.07. The summed E-state index contributed by atoms with van der Waals surface area (Å²) in [7, 11) is 0. The number of urea groups is 1. The first-order valence-electron chi connectivity index (χ1n) is 7.06. The second-order valence-corrected chi connectivity index (χ2v) is 7.13.